The van der Waals surface area contributed by atoms with E-state index >= 15 is 0 Å². The van der Waals surface area contributed by atoms with Crippen LogP contribution >= 0.6 is 0 Å². The van der Waals surface area contributed by atoms with Crippen molar-refractivity contribution in [2.75, 3.05) is 0 Å². The van der Waals surface area contributed by atoms with Crippen LogP contribution in [-0.2, 0) is 0 Å². The highest BCUT2D eigenvalue weighted by atomic mass is 16.6. The standard InChI is InChI=1S/C7H2N7O6/c15-12(16)4-2-1-3(7-8-10-11-9-7)5(13(17)18)6(4)14(19)20/h1-2H/q+1. The molecule has 1 aliphatic heterocycles. The number of rotatable bonds is 4. The second-order valence-corrected chi connectivity index (χ2v) is 3.30. The van der Waals surface area contributed by atoms with E-state index in [1.54, 1.807) is 0 Å². The first-order valence-electron chi connectivity index (χ1n) is 4.72. The Morgan fingerprint density at radius 1 is 0.850 bits per heavy atom. The lowest BCUT2D eigenvalue weighted by Crippen LogP contribution is -2.06. The molecule has 13 heteroatoms. The molecule has 0 spiro atoms. The molecule has 100 valence electrons. The normalized spacial score (nSPS) is 12.7. The molecule has 0 bridgehead atoms. The third-order valence-corrected chi connectivity index (χ3v) is 2.25. The van der Waals surface area contributed by atoms with Crippen LogP contribution in [0.3, 0.4) is 0 Å². The van der Waals surface area contributed by atoms with Crippen molar-refractivity contribution in [3.63, 3.8) is 0 Å². The van der Waals surface area contributed by atoms with Crippen molar-refractivity contribution >= 4 is 17.1 Å². The lowest BCUT2D eigenvalue weighted by Gasteiger charge is -1.96. The number of hydrogen-bond acceptors (Lipinski definition) is 10. The van der Waals surface area contributed by atoms with Gasteiger partial charge in [-0.3, -0.25) is 20.2 Å². The maximum Gasteiger partial charge on any atom is 0.478 e. The van der Waals surface area contributed by atoms with Crippen LogP contribution in [0.4, 0.5) is 17.1 Å². The summed E-state index contributed by atoms with van der Waals surface area (Å²) in [6.45, 7) is 0. The Kier molecular flexibility index (Phi) is 3.00. The van der Waals surface area contributed by atoms with Gasteiger partial charge < -0.3 is 0 Å². The summed E-state index contributed by atoms with van der Waals surface area (Å²) in [6, 6.07) is 1.69. The Morgan fingerprint density at radius 3 is 1.85 bits per heavy atom. The Bertz CT molecular complexity index is 670. The van der Waals surface area contributed by atoms with Crippen molar-refractivity contribution < 1.29 is 14.8 Å². The number of hydrogen-bond donors (Lipinski definition) is 0. The van der Waals surface area contributed by atoms with Gasteiger partial charge in [-0.15, -0.1) is 0 Å². The molecule has 0 aliphatic carbocycles. The highest BCUT2D eigenvalue weighted by molar-refractivity contribution is 5.71. The highest BCUT2D eigenvalue weighted by Crippen LogP contribution is 2.42. The molecule has 0 amide bonds. The SMILES string of the molecule is O=[N+]([O-])c1ccc([C+]2N=NN=N2)c([N+](=O)[O-])c1[N+](=O)[O-]. The summed E-state index contributed by atoms with van der Waals surface area (Å²) < 4.78 is 0. The van der Waals surface area contributed by atoms with Gasteiger partial charge in [-0.05, 0) is 20.7 Å². The lowest BCUT2D eigenvalue weighted by molar-refractivity contribution is -0.441. The van der Waals surface area contributed by atoms with Crippen LogP contribution in [0.15, 0.2) is 32.8 Å². The summed E-state index contributed by atoms with van der Waals surface area (Å²) in [6.07, 6.45) is -0.338. The molecule has 1 aromatic carbocycles. The van der Waals surface area contributed by atoms with Crippen LogP contribution in [0, 0.1) is 36.5 Å². The molecular weight excluding hydrogens is 278 g/mol. The third-order valence-electron chi connectivity index (χ3n) is 2.25. The van der Waals surface area contributed by atoms with E-state index in [9.17, 15) is 30.3 Å². The van der Waals surface area contributed by atoms with E-state index in [2.05, 4.69) is 20.7 Å². The zero-order chi connectivity index (χ0) is 14.9. The number of nitro benzene ring substituents is 3. The quantitative estimate of drug-likeness (QED) is 0.462. The smallest absolute Gasteiger partial charge is 0.258 e. The van der Waals surface area contributed by atoms with Crippen LogP contribution in [0.1, 0.15) is 5.56 Å². The molecule has 20 heavy (non-hydrogen) atoms. The van der Waals surface area contributed by atoms with Crippen LogP contribution in [0.25, 0.3) is 0 Å². The van der Waals surface area contributed by atoms with Crippen molar-refractivity contribution in [1.82, 2.24) is 0 Å². The molecule has 0 unspecified atom stereocenters. The molecule has 1 heterocycles. The van der Waals surface area contributed by atoms with E-state index in [0.717, 1.165) is 12.1 Å². The average Bonchev–Trinajstić information content (AvgIpc) is 2.90. The van der Waals surface area contributed by atoms with Gasteiger partial charge in [0.15, 0.2) is 0 Å². The maximum atomic E-state index is 11.0. The predicted octanol–water partition coefficient (Wildman–Crippen LogP) is 2.08. The minimum atomic E-state index is -1.25. The first kappa shape index (κ1) is 12.9. The fraction of sp³-hybridized carbons (Fsp3) is 0. The van der Waals surface area contributed by atoms with Crippen LogP contribution in [0.2, 0.25) is 0 Å². The van der Waals surface area contributed by atoms with Gasteiger partial charge in [0, 0.05) is 0 Å². The van der Waals surface area contributed by atoms with E-state index in [0.29, 0.717) is 0 Å². The molecule has 13 nitrogen and oxygen atoms in total. The summed E-state index contributed by atoms with van der Waals surface area (Å²) in [7, 11) is 0. The summed E-state index contributed by atoms with van der Waals surface area (Å²) in [5, 5.41) is 45.5. The summed E-state index contributed by atoms with van der Waals surface area (Å²) in [4.78, 5) is 29.2. The topological polar surface area (TPSA) is 179 Å². The number of nitro groups is 3. The second-order valence-electron chi connectivity index (χ2n) is 3.30. The third kappa shape index (κ3) is 1.98. The van der Waals surface area contributed by atoms with Crippen molar-refractivity contribution in [3.8, 4) is 0 Å². The van der Waals surface area contributed by atoms with Crippen molar-refractivity contribution in [1.29, 1.82) is 0 Å². The fourth-order valence-corrected chi connectivity index (χ4v) is 1.51. The Morgan fingerprint density at radius 2 is 1.40 bits per heavy atom. The van der Waals surface area contributed by atoms with Gasteiger partial charge in [0.1, 0.15) is 4.92 Å². The van der Waals surface area contributed by atoms with Crippen molar-refractivity contribution in [3.05, 3.63) is 54.2 Å². The zero-order valence-corrected chi connectivity index (χ0v) is 9.23. The van der Waals surface area contributed by atoms with Gasteiger partial charge in [0.05, 0.1) is 22.0 Å². The van der Waals surface area contributed by atoms with E-state index in [4.69, 9.17) is 0 Å². The molecule has 0 atom stereocenters. The molecule has 0 saturated heterocycles. The molecule has 0 aromatic heterocycles. The minimum Gasteiger partial charge on any atom is -0.258 e. The molecule has 1 aromatic rings. The van der Waals surface area contributed by atoms with E-state index in [-0.39, 0.29) is 11.7 Å². The molecule has 0 radical (unpaired) electrons. The molecule has 1 aliphatic rings. The van der Waals surface area contributed by atoms with Crippen molar-refractivity contribution in [2.45, 2.75) is 0 Å². The minimum absolute atomic E-state index is 0.338. The zero-order valence-electron chi connectivity index (χ0n) is 9.23. The maximum absolute atomic E-state index is 11.0. The van der Waals surface area contributed by atoms with Gasteiger partial charge in [-0.25, -0.2) is 10.1 Å². The monoisotopic (exact) mass is 280 g/mol. The second kappa shape index (κ2) is 4.63. The van der Waals surface area contributed by atoms with Gasteiger partial charge >= 0.3 is 23.2 Å². The molecular formula is C7H2N7O6+. The predicted molar refractivity (Wildman–Crippen MR) is 58.5 cm³/mol. The summed E-state index contributed by atoms with van der Waals surface area (Å²) in [5.41, 5.74) is -3.71. The first-order chi connectivity index (χ1) is 9.43. The molecule has 2 rings (SSSR count). The summed E-state index contributed by atoms with van der Waals surface area (Å²) in [5.74, 6) is 0. The van der Waals surface area contributed by atoms with Gasteiger partial charge in [0.25, 0.3) is 5.56 Å². The van der Waals surface area contributed by atoms with Gasteiger partial charge in [-0.1, -0.05) is 0 Å². The van der Waals surface area contributed by atoms with Gasteiger partial charge in [0.2, 0.25) is 0 Å². The van der Waals surface area contributed by atoms with Crippen molar-refractivity contribution in [2.24, 2.45) is 20.7 Å². The Labute approximate surface area is 108 Å². The molecule has 0 fully saturated rings. The highest BCUT2D eigenvalue weighted by Gasteiger charge is 2.49. The Hall–Kier alpha value is -3.51. The van der Waals surface area contributed by atoms with E-state index < -0.39 is 31.8 Å². The van der Waals surface area contributed by atoms with Crippen LogP contribution in [-0.4, -0.2) is 14.8 Å². The van der Waals surface area contributed by atoms with Crippen LogP contribution < -0.4 is 0 Å². The average molecular weight is 280 g/mol. The van der Waals surface area contributed by atoms with Crippen LogP contribution in [0.5, 0.6) is 0 Å². The Balaban J connectivity index is 2.78. The fourth-order valence-electron chi connectivity index (χ4n) is 1.51. The summed E-state index contributed by atoms with van der Waals surface area (Å²) >= 11 is 0. The molecule has 0 N–H and O–H groups in total. The lowest BCUT2D eigenvalue weighted by atomic mass is 10.1. The molecule has 0 saturated carbocycles. The van der Waals surface area contributed by atoms with E-state index in [1.165, 1.54) is 0 Å². The number of nitrogens with zero attached hydrogens (tertiary/aromatic N) is 7. The van der Waals surface area contributed by atoms with E-state index in [1.807, 2.05) is 0 Å². The first-order valence-corrected chi connectivity index (χ1v) is 4.72. The van der Waals surface area contributed by atoms with Gasteiger partial charge in [-0.2, -0.15) is 0 Å². The number of benzene rings is 1. The largest absolute Gasteiger partial charge is 0.478 e.